The number of hydrogen-bond donors (Lipinski definition) is 0. The minimum absolute atomic E-state index is 0.344. The second-order valence-corrected chi connectivity index (χ2v) is 5.89. The molecule has 1 nitrogen and oxygen atoms in total. The van der Waals surface area contributed by atoms with Gasteiger partial charge in [-0.05, 0) is 44.2 Å². The maximum atomic E-state index is 12.4. The predicted molar refractivity (Wildman–Crippen MR) is 76.2 cm³/mol. The first-order valence-electron chi connectivity index (χ1n) is 7.19. The van der Waals surface area contributed by atoms with Crippen molar-refractivity contribution in [1.29, 1.82) is 0 Å². The van der Waals surface area contributed by atoms with E-state index in [2.05, 4.69) is 32.9 Å². The molecular weight excluding hydrogens is 220 g/mol. The van der Waals surface area contributed by atoms with Gasteiger partial charge in [0, 0.05) is 12.0 Å². The van der Waals surface area contributed by atoms with Crippen LogP contribution in [0.2, 0.25) is 0 Å². The van der Waals surface area contributed by atoms with Gasteiger partial charge in [-0.1, -0.05) is 43.4 Å². The zero-order chi connectivity index (χ0) is 13.1. The van der Waals surface area contributed by atoms with Crippen LogP contribution in [0.5, 0.6) is 0 Å². The predicted octanol–water partition coefficient (Wildman–Crippen LogP) is 4.76. The SMILES string of the molecule is Cc1cc(C)c(C(=O)CCC2CCCC2)c(C)c1. The standard InChI is InChI=1S/C17H24O/c1-12-10-13(2)17(14(3)11-12)16(18)9-8-15-6-4-5-7-15/h10-11,15H,4-9H2,1-3H3. The number of carbonyl (C=O) groups excluding carboxylic acids is 1. The fourth-order valence-corrected chi connectivity index (χ4v) is 3.38. The van der Waals surface area contributed by atoms with Gasteiger partial charge in [0.1, 0.15) is 0 Å². The van der Waals surface area contributed by atoms with Crippen LogP contribution in [0.3, 0.4) is 0 Å². The molecule has 18 heavy (non-hydrogen) atoms. The largest absolute Gasteiger partial charge is 0.294 e. The molecule has 0 spiro atoms. The van der Waals surface area contributed by atoms with E-state index in [1.54, 1.807) is 0 Å². The number of hydrogen-bond acceptors (Lipinski definition) is 1. The highest BCUT2D eigenvalue weighted by atomic mass is 16.1. The summed E-state index contributed by atoms with van der Waals surface area (Å²) in [6.07, 6.45) is 7.21. The molecule has 1 aromatic rings. The molecule has 1 aliphatic carbocycles. The van der Waals surface area contributed by atoms with Crippen LogP contribution in [-0.2, 0) is 0 Å². The van der Waals surface area contributed by atoms with E-state index in [1.165, 1.54) is 31.2 Å². The number of benzene rings is 1. The van der Waals surface area contributed by atoms with E-state index >= 15 is 0 Å². The van der Waals surface area contributed by atoms with Crippen molar-refractivity contribution in [2.24, 2.45) is 5.92 Å². The Morgan fingerprint density at radius 3 is 2.22 bits per heavy atom. The van der Waals surface area contributed by atoms with Gasteiger partial charge in [-0.3, -0.25) is 4.79 Å². The van der Waals surface area contributed by atoms with E-state index in [0.717, 1.165) is 35.4 Å². The van der Waals surface area contributed by atoms with Gasteiger partial charge in [-0.15, -0.1) is 0 Å². The van der Waals surface area contributed by atoms with Gasteiger partial charge in [0.05, 0.1) is 0 Å². The zero-order valence-corrected chi connectivity index (χ0v) is 11.9. The molecule has 1 fully saturated rings. The summed E-state index contributed by atoms with van der Waals surface area (Å²) in [5.41, 5.74) is 4.50. The number of carbonyl (C=O) groups is 1. The van der Waals surface area contributed by atoms with Gasteiger partial charge in [-0.2, -0.15) is 0 Å². The molecule has 0 unspecified atom stereocenters. The normalized spacial score (nSPS) is 16.2. The van der Waals surface area contributed by atoms with E-state index in [4.69, 9.17) is 0 Å². The van der Waals surface area contributed by atoms with Crippen LogP contribution in [-0.4, -0.2) is 5.78 Å². The summed E-state index contributed by atoms with van der Waals surface area (Å²) in [5.74, 6) is 1.15. The van der Waals surface area contributed by atoms with Gasteiger partial charge in [0.25, 0.3) is 0 Å². The smallest absolute Gasteiger partial charge is 0.163 e. The Bertz CT molecular complexity index is 416. The molecule has 1 aliphatic rings. The molecule has 98 valence electrons. The molecule has 2 rings (SSSR count). The highest BCUT2D eigenvalue weighted by molar-refractivity contribution is 5.98. The van der Waals surface area contributed by atoms with Crippen molar-refractivity contribution in [3.63, 3.8) is 0 Å². The van der Waals surface area contributed by atoms with Crippen LogP contribution in [0, 0.1) is 26.7 Å². The minimum atomic E-state index is 0.344. The number of Topliss-reactive ketones (excluding diaryl/α,β-unsaturated/α-hetero) is 1. The van der Waals surface area contributed by atoms with Crippen LogP contribution < -0.4 is 0 Å². The third-order valence-corrected chi connectivity index (χ3v) is 4.21. The van der Waals surface area contributed by atoms with Crippen molar-refractivity contribution in [1.82, 2.24) is 0 Å². The molecule has 1 heteroatoms. The van der Waals surface area contributed by atoms with Gasteiger partial charge in [-0.25, -0.2) is 0 Å². The summed E-state index contributed by atoms with van der Waals surface area (Å²) < 4.78 is 0. The Morgan fingerprint density at radius 2 is 1.67 bits per heavy atom. The van der Waals surface area contributed by atoms with Crippen molar-refractivity contribution < 1.29 is 4.79 Å². The van der Waals surface area contributed by atoms with Crippen LogP contribution >= 0.6 is 0 Å². The lowest BCUT2D eigenvalue weighted by Crippen LogP contribution is -2.07. The fraction of sp³-hybridized carbons (Fsp3) is 0.588. The first-order chi connectivity index (χ1) is 8.58. The average molecular weight is 244 g/mol. The molecule has 0 bridgehead atoms. The molecule has 0 amide bonds. The molecule has 1 saturated carbocycles. The van der Waals surface area contributed by atoms with E-state index in [-0.39, 0.29) is 0 Å². The fourth-order valence-electron chi connectivity index (χ4n) is 3.38. The first-order valence-corrected chi connectivity index (χ1v) is 7.19. The summed E-state index contributed by atoms with van der Waals surface area (Å²) in [4.78, 5) is 12.4. The lowest BCUT2D eigenvalue weighted by Gasteiger charge is -2.12. The minimum Gasteiger partial charge on any atom is -0.294 e. The van der Waals surface area contributed by atoms with Crippen LogP contribution in [0.4, 0.5) is 0 Å². The summed E-state index contributed by atoms with van der Waals surface area (Å²) in [5, 5.41) is 0. The molecule has 1 aromatic carbocycles. The zero-order valence-electron chi connectivity index (χ0n) is 11.9. The average Bonchev–Trinajstić information content (AvgIpc) is 2.77. The third-order valence-electron chi connectivity index (χ3n) is 4.21. The molecule has 0 atom stereocenters. The summed E-state index contributed by atoms with van der Waals surface area (Å²) >= 11 is 0. The quantitative estimate of drug-likeness (QED) is 0.697. The Labute approximate surface area is 111 Å². The van der Waals surface area contributed by atoms with Crippen molar-refractivity contribution in [2.75, 3.05) is 0 Å². The number of aryl methyl sites for hydroxylation is 3. The molecular formula is C17H24O. The Kier molecular flexibility index (Phi) is 4.21. The lowest BCUT2D eigenvalue weighted by molar-refractivity contribution is 0.0972. The highest BCUT2D eigenvalue weighted by Crippen LogP contribution is 2.29. The van der Waals surface area contributed by atoms with Gasteiger partial charge >= 0.3 is 0 Å². The van der Waals surface area contributed by atoms with Crippen LogP contribution in [0.25, 0.3) is 0 Å². The maximum Gasteiger partial charge on any atom is 0.163 e. The highest BCUT2D eigenvalue weighted by Gasteiger charge is 2.18. The molecule has 0 aliphatic heterocycles. The Morgan fingerprint density at radius 1 is 1.11 bits per heavy atom. The van der Waals surface area contributed by atoms with E-state index in [9.17, 15) is 4.79 Å². The van der Waals surface area contributed by atoms with E-state index in [1.807, 2.05) is 0 Å². The molecule has 0 saturated heterocycles. The molecule has 0 radical (unpaired) electrons. The van der Waals surface area contributed by atoms with E-state index < -0.39 is 0 Å². The Balaban J connectivity index is 2.04. The molecule has 0 aromatic heterocycles. The summed E-state index contributed by atoms with van der Waals surface area (Å²) in [7, 11) is 0. The van der Waals surface area contributed by atoms with Crippen molar-refractivity contribution in [2.45, 2.75) is 59.3 Å². The van der Waals surface area contributed by atoms with Crippen LogP contribution in [0.15, 0.2) is 12.1 Å². The van der Waals surface area contributed by atoms with Gasteiger partial charge < -0.3 is 0 Å². The van der Waals surface area contributed by atoms with E-state index in [0.29, 0.717) is 5.78 Å². The van der Waals surface area contributed by atoms with Crippen molar-refractivity contribution in [3.05, 3.63) is 34.4 Å². The molecule has 0 N–H and O–H groups in total. The number of rotatable bonds is 4. The van der Waals surface area contributed by atoms with Crippen LogP contribution in [0.1, 0.15) is 65.6 Å². The summed E-state index contributed by atoms with van der Waals surface area (Å²) in [6, 6.07) is 4.24. The third kappa shape index (κ3) is 3.01. The Hall–Kier alpha value is -1.11. The molecule has 0 heterocycles. The summed E-state index contributed by atoms with van der Waals surface area (Å²) in [6.45, 7) is 6.21. The van der Waals surface area contributed by atoms with Crippen molar-refractivity contribution >= 4 is 5.78 Å². The number of ketones is 1. The van der Waals surface area contributed by atoms with Crippen molar-refractivity contribution in [3.8, 4) is 0 Å². The first kappa shape index (κ1) is 13.3. The second-order valence-electron chi connectivity index (χ2n) is 5.89. The maximum absolute atomic E-state index is 12.4. The second kappa shape index (κ2) is 5.69. The van der Waals surface area contributed by atoms with Gasteiger partial charge in [0.2, 0.25) is 0 Å². The monoisotopic (exact) mass is 244 g/mol. The topological polar surface area (TPSA) is 17.1 Å². The van der Waals surface area contributed by atoms with Gasteiger partial charge in [0.15, 0.2) is 5.78 Å². The lowest BCUT2D eigenvalue weighted by atomic mass is 9.92.